The van der Waals surface area contributed by atoms with Crippen molar-refractivity contribution in [1.29, 1.82) is 0 Å². The minimum Gasteiger partial charge on any atom is -0.496 e. The first-order chi connectivity index (χ1) is 11.6. The number of para-hydroxylation sites is 1. The Morgan fingerprint density at radius 2 is 2.12 bits per heavy atom. The summed E-state index contributed by atoms with van der Waals surface area (Å²) in [5.41, 5.74) is 0.860. The molecule has 24 heavy (non-hydrogen) atoms. The molecule has 0 aliphatic heterocycles. The highest BCUT2D eigenvalue weighted by Crippen LogP contribution is 2.30. The van der Waals surface area contributed by atoms with E-state index in [0.29, 0.717) is 10.6 Å². The number of ether oxygens (including phenoxy) is 1. The molecule has 2 heterocycles. The van der Waals surface area contributed by atoms with Gasteiger partial charge >= 0.3 is 0 Å². The molecule has 0 aliphatic rings. The van der Waals surface area contributed by atoms with Gasteiger partial charge in [-0.25, -0.2) is 4.98 Å². The summed E-state index contributed by atoms with van der Waals surface area (Å²) in [5.74, 6) is 1.30. The minimum atomic E-state index is -0.408. The molecule has 7 heteroatoms. The van der Waals surface area contributed by atoms with Crippen LogP contribution in [0, 0.1) is 0 Å². The van der Waals surface area contributed by atoms with E-state index in [-0.39, 0.29) is 5.91 Å². The van der Waals surface area contributed by atoms with E-state index in [1.54, 1.807) is 19.4 Å². The molecule has 1 amide bonds. The summed E-state index contributed by atoms with van der Waals surface area (Å²) in [6.45, 7) is 0. The summed E-state index contributed by atoms with van der Waals surface area (Å²) in [6, 6.07) is 10.9. The SMILES string of the molecule is COc1ccccc1[C@H](NC(=O)c1ccc(Br)s1)c1nccn1C. The molecule has 0 radical (unpaired) electrons. The third-order valence-corrected chi connectivity index (χ3v) is 5.26. The highest BCUT2D eigenvalue weighted by molar-refractivity contribution is 9.11. The Hall–Kier alpha value is -2.12. The van der Waals surface area contributed by atoms with E-state index >= 15 is 0 Å². The van der Waals surface area contributed by atoms with Gasteiger partial charge in [0.1, 0.15) is 17.6 Å². The van der Waals surface area contributed by atoms with Gasteiger partial charge in [-0.05, 0) is 34.1 Å². The molecule has 0 fully saturated rings. The van der Waals surface area contributed by atoms with E-state index in [4.69, 9.17) is 4.74 Å². The standard InChI is InChI=1S/C17H16BrN3O2S/c1-21-10-9-19-16(21)15(11-5-3-4-6-12(11)23-2)20-17(22)13-7-8-14(18)24-13/h3-10,15H,1-2H3,(H,20,22)/t15-/m0/s1. The van der Waals surface area contributed by atoms with Crippen LogP contribution in [0.1, 0.15) is 27.1 Å². The van der Waals surface area contributed by atoms with Crippen LogP contribution in [-0.4, -0.2) is 22.6 Å². The molecule has 1 aromatic carbocycles. The lowest BCUT2D eigenvalue weighted by atomic mass is 10.0. The van der Waals surface area contributed by atoms with Gasteiger partial charge in [0.05, 0.1) is 15.8 Å². The van der Waals surface area contributed by atoms with E-state index < -0.39 is 6.04 Å². The largest absolute Gasteiger partial charge is 0.496 e. The summed E-state index contributed by atoms with van der Waals surface area (Å²) < 4.78 is 8.27. The van der Waals surface area contributed by atoms with Crippen LogP contribution in [0.25, 0.3) is 0 Å². The number of halogens is 1. The van der Waals surface area contributed by atoms with Crippen molar-refractivity contribution in [1.82, 2.24) is 14.9 Å². The number of nitrogens with one attached hydrogen (secondary N) is 1. The maximum atomic E-state index is 12.6. The number of benzene rings is 1. The van der Waals surface area contributed by atoms with Crippen molar-refractivity contribution < 1.29 is 9.53 Å². The lowest BCUT2D eigenvalue weighted by Crippen LogP contribution is -2.30. The summed E-state index contributed by atoms with van der Waals surface area (Å²) in [6.07, 6.45) is 3.57. The van der Waals surface area contributed by atoms with E-state index in [0.717, 1.165) is 15.2 Å². The Morgan fingerprint density at radius 3 is 2.75 bits per heavy atom. The minimum absolute atomic E-state index is 0.149. The van der Waals surface area contributed by atoms with Crippen LogP contribution in [0.5, 0.6) is 5.75 Å². The number of nitrogens with zero attached hydrogens (tertiary/aromatic N) is 2. The average Bonchev–Trinajstić information content (AvgIpc) is 3.21. The smallest absolute Gasteiger partial charge is 0.262 e. The predicted octanol–water partition coefficient (Wildman–Crippen LogP) is 3.77. The molecule has 3 aromatic rings. The van der Waals surface area contributed by atoms with Gasteiger partial charge in [-0.2, -0.15) is 0 Å². The third-order valence-electron chi connectivity index (χ3n) is 3.64. The molecule has 0 aliphatic carbocycles. The number of imidazole rings is 1. The zero-order valence-corrected chi connectivity index (χ0v) is 15.6. The fraction of sp³-hybridized carbons (Fsp3) is 0.176. The first-order valence-electron chi connectivity index (χ1n) is 7.26. The fourth-order valence-corrected chi connectivity index (χ4v) is 3.77. The summed E-state index contributed by atoms with van der Waals surface area (Å²) in [4.78, 5) is 17.7. The quantitative estimate of drug-likeness (QED) is 0.702. The number of aromatic nitrogens is 2. The van der Waals surface area contributed by atoms with Crippen LogP contribution < -0.4 is 10.1 Å². The lowest BCUT2D eigenvalue weighted by Gasteiger charge is -2.21. The molecule has 5 nitrogen and oxygen atoms in total. The number of aryl methyl sites for hydroxylation is 1. The predicted molar refractivity (Wildman–Crippen MR) is 97.5 cm³/mol. The number of carbonyl (C=O) groups is 1. The Balaban J connectivity index is 2.00. The number of thiophene rings is 1. The van der Waals surface area contributed by atoms with E-state index in [2.05, 4.69) is 26.2 Å². The van der Waals surface area contributed by atoms with Crippen LogP contribution in [-0.2, 0) is 7.05 Å². The molecular formula is C17H16BrN3O2S. The molecule has 0 spiro atoms. The summed E-state index contributed by atoms with van der Waals surface area (Å²) in [7, 11) is 3.52. The maximum absolute atomic E-state index is 12.6. The summed E-state index contributed by atoms with van der Waals surface area (Å²) >= 11 is 4.78. The molecule has 1 N–H and O–H groups in total. The van der Waals surface area contributed by atoms with Gasteiger partial charge in [-0.1, -0.05) is 18.2 Å². The first kappa shape index (κ1) is 16.7. The lowest BCUT2D eigenvalue weighted by molar-refractivity contribution is 0.0945. The number of hydrogen-bond acceptors (Lipinski definition) is 4. The molecule has 1 atom stereocenters. The van der Waals surface area contributed by atoms with Gasteiger partial charge in [0.25, 0.3) is 5.91 Å². The highest BCUT2D eigenvalue weighted by Gasteiger charge is 2.24. The van der Waals surface area contributed by atoms with Gasteiger partial charge in [-0.15, -0.1) is 11.3 Å². The summed E-state index contributed by atoms with van der Waals surface area (Å²) in [5, 5.41) is 3.07. The molecule has 124 valence electrons. The normalized spacial score (nSPS) is 12.0. The number of amides is 1. The van der Waals surface area contributed by atoms with E-state index in [1.807, 2.05) is 48.1 Å². The maximum Gasteiger partial charge on any atom is 0.262 e. The van der Waals surface area contributed by atoms with E-state index in [1.165, 1.54) is 11.3 Å². The zero-order valence-electron chi connectivity index (χ0n) is 13.2. The molecule has 3 rings (SSSR count). The third kappa shape index (κ3) is 3.37. The Bertz CT molecular complexity index is 859. The van der Waals surface area contributed by atoms with Crippen LogP contribution >= 0.6 is 27.3 Å². The fourth-order valence-electron chi connectivity index (χ4n) is 2.48. The molecular weight excluding hydrogens is 390 g/mol. The molecule has 0 saturated carbocycles. The Morgan fingerprint density at radius 1 is 1.33 bits per heavy atom. The van der Waals surface area contributed by atoms with Crippen molar-refractivity contribution in [2.45, 2.75) is 6.04 Å². The van der Waals surface area contributed by atoms with Crippen LogP contribution in [0.4, 0.5) is 0 Å². The number of methoxy groups -OCH3 is 1. The van der Waals surface area contributed by atoms with E-state index in [9.17, 15) is 4.79 Å². The van der Waals surface area contributed by atoms with Gasteiger partial charge in [0.2, 0.25) is 0 Å². The topological polar surface area (TPSA) is 56.1 Å². The van der Waals surface area contributed by atoms with Crippen molar-refractivity contribution in [2.75, 3.05) is 7.11 Å². The zero-order chi connectivity index (χ0) is 17.1. The van der Waals surface area contributed by atoms with Crippen LogP contribution in [0.3, 0.4) is 0 Å². The van der Waals surface area contributed by atoms with Crippen molar-refractivity contribution in [3.63, 3.8) is 0 Å². The van der Waals surface area contributed by atoms with Crippen LogP contribution in [0.2, 0.25) is 0 Å². The second-order valence-electron chi connectivity index (χ2n) is 5.15. The van der Waals surface area contributed by atoms with Crippen molar-refractivity contribution in [3.8, 4) is 5.75 Å². The first-order valence-corrected chi connectivity index (χ1v) is 8.87. The second kappa shape index (κ2) is 7.19. The van der Waals surface area contributed by atoms with Crippen molar-refractivity contribution in [2.24, 2.45) is 7.05 Å². The molecule has 0 saturated heterocycles. The number of hydrogen-bond donors (Lipinski definition) is 1. The number of carbonyl (C=O) groups excluding carboxylic acids is 1. The monoisotopic (exact) mass is 405 g/mol. The van der Waals surface area contributed by atoms with Gasteiger partial charge in [0.15, 0.2) is 0 Å². The molecule has 0 unspecified atom stereocenters. The molecule has 2 aromatic heterocycles. The van der Waals surface area contributed by atoms with Gasteiger partial charge in [-0.3, -0.25) is 4.79 Å². The molecule has 0 bridgehead atoms. The van der Waals surface area contributed by atoms with Crippen molar-refractivity contribution >= 4 is 33.2 Å². The average molecular weight is 406 g/mol. The van der Waals surface area contributed by atoms with Gasteiger partial charge in [0, 0.05) is 25.0 Å². The highest BCUT2D eigenvalue weighted by atomic mass is 79.9. The Labute approximate surface area is 152 Å². The van der Waals surface area contributed by atoms with Crippen LogP contribution in [0.15, 0.2) is 52.6 Å². The van der Waals surface area contributed by atoms with Gasteiger partial charge < -0.3 is 14.6 Å². The van der Waals surface area contributed by atoms with Crippen molar-refractivity contribution in [3.05, 3.63) is 68.8 Å². The number of rotatable bonds is 5. The Kier molecular flexibility index (Phi) is 5.01. The second-order valence-corrected chi connectivity index (χ2v) is 7.61.